The Labute approximate surface area is 129 Å². The Balaban J connectivity index is 1.63. The Bertz CT molecular complexity index is 371. The number of nitrogens with zero attached hydrogens (tertiary/aromatic N) is 1. The van der Waals surface area contributed by atoms with Crippen LogP contribution < -0.4 is 10.2 Å². The number of piperidine rings is 1. The van der Waals surface area contributed by atoms with Crippen LogP contribution in [0.4, 0.5) is 5.69 Å². The van der Waals surface area contributed by atoms with Crippen LogP contribution in [0.3, 0.4) is 0 Å². The zero-order chi connectivity index (χ0) is 14.8. The molecule has 1 saturated heterocycles. The smallest absolute Gasteiger partial charge is 0.0478 e. The van der Waals surface area contributed by atoms with E-state index in [0.29, 0.717) is 0 Å². The third kappa shape index (κ3) is 6.06. The summed E-state index contributed by atoms with van der Waals surface area (Å²) >= 11 is 0. The first-order chi connectivity index (χ1) is 10.4. The van der Waals surface area contributed by atoms with Gasteiger partial charge in [-0.1, -0.05) is 19.1 Å². The summed E-state index contributed by atoms with van der Waals surface area (Å²) in [5.74, 6) is 0. The van der Waals surface area contributed by atoms with Gasteiger partial charge in [0.1, 0.15) is 0 Å². The maximum absolute atomic E-state index is 5.47. The molecule has 21 heavy (non-hydrogen) atoms. The van der Waals surface area contributed by atoms with Crippen LogP contribution in [0.2, 0.25) is 0 Å². The maximum Gasteiger partial charge on any atom is 0.0478 e. The molecule has 1 aromatic carbocycles. The summed E-state index contributed by atoms with van der Waals surface area (Å²) in [4.78, 5) is 2.51. The SMILES string of the molecule is CCCOCCCNCc1ccc(N2CCCCC2)cc1. The van der Waals surface area contributed by atoms with Crippen LogP contribution in [0.1, 0.15) is 44.6 Å². The average molecular weight is 290 g/mol. The van der Waals surface area contributed by atoms with Crippen molar-refractivity contribution in [3.63, 3.8) is 0 Å². The summed E-state index contributed by atoms with van der Waals surface area (Å²) in [7, 11) is 0. The summed E-state index contributed by atoms with van der Waals surface area (Å²) < 4.78 is 5.47. The van der Waals surface area contributed by atoms with Crippen LogP contribution in [0.25, 0.3) is 0 Å². The van der Waals surface area contributed by atoms with Crippen molar-refractivity contribution in [1.29, 1.82) is 0 Å². The van der Waals surface area contributed by atoms with Gasteiger partial charge in [0.15, 0.2) is 0 Å². The van der Waals surface area contributed by atoms with Gasteiger partial charge in [0.2, 0.25) is 0 Å². The van der Waals surface area contributed by atoms with Crippen LogP contribution in [0.5, 0.6) is 0 Å². The first kappa shape index (κ1) is 16.3. The highest BCUT2D eigenvalue weighted by atomic mass is 16.5. The van der Waals surface area contributed by atoms with Gasteiger partial charge < -0.3 is 15.0 Å². The second-order valence-corrected chi connectivity index (χ2v) is 5.86. The molecule has 0 radical (unpaired) electrons. The molecule has 1 aromatic rings. The Morgan fingerprint density at radius 3 is 2.52 bits per heavy atom. The van der Waals surface area contributed by atoms with E-state index in [1.165, 1.54) is 43.6 Å². The number of hydrogen-bond acceptors (Lipinski definition) is 3. The van der Waals surface area contributed by atoms with E-state index in [1.807, 2.05) is 0 Å². The molecule has 1 aliphatic rings. The fraction of sp³-hybridized carbons (Fsp3) is 0.667. The molecule has 0 aliphatic carbocycles. The van der Waals surface area contributed by atoms with Crippen LogP contribution >= 0.6 is 0 Å². The fourth-order valence-corrected chi connectivity index (χ4v) is 2.76. The third-order valence-corrected chi connectivity index (χ3v) is 3.98. The minimum absolute atomic E-state index is 0.870. The van der Waals surface area contributed by atoms with E-state index in [9.17, 15) is 0 Å². The van der Waals surface area contributed by atoms with E-state index in [0.717, 1.165) is 39.1 Å². The molecule has 118 valence electrons. The van der Waals surface area contributed by atoms with Gasteiger partial charge in [-0.15, -0.1) is 0 Å². The number of ether oxygens (including phenoxy) is 1. The van der Waals surface area contributed by atoms with Gasteiger partial charge in [-0.05, 0) is 56.3 Å². The number of benzene rings is 1. The van der Waals surface area contributed by atoms with Crippen molar-refractivity contribution >= 4 is 5.69 Å². The van der Waals surface area contributed by atoms with E-state index in [2.05, 4.69) is 41.4 Å². The first-order valence-electron chi connectivity index (χ1n) is 8.52. The lowest BCUT2D eigenvalue weighted by atomic mass is 10.1. The van der Waals surface area contributed by atoms with Crippen LogP contribution in [-0.4, -0.2) is 32.8 Å². The lowest BCUT2D eigenvalue weighted by Gasteiger charge is -2.28. The van der Waals surface area contributed by atoms with Gasteiger partial charge >= 0.3 is 0 Å². The Morgan fingerprint density at radius 1 is 1.05 bits per heavy atom. The molecule has 1 aliphatic heterocycles. The van der Waals surface area contributed by atoms with E-state index >= 15 is 0 Å². The largest absolute Gasteiger partial charge is 0.381 e. The average Bonchev–Trinajstić information content (AvgIpc) is 2.55. The number of anilines is 1. The molecule has 0 unspecified atom stereocenters. The molecule has 0 bridgehead atoms. The predicted octanol–water partition coefficient (Wildman–Crippen LogP) is 3.58. The normalized spacial score (nSPS) is 15.4. The molecule has 1 N–H and O–H groups in total. The molecule has 3 nitrogen and oxygen atoms in total. The molecule has 2 rings (SSSR count). The molecular formula is C18H30N2O. The van der Waals surface area contributed by atoms with Crippen molar-refractivity contribution in [2.24, 2.45) is 0 Å². The summed E-state index contributed by atoms with van der Waals surface area (Å²) in [6.07, 6.45) is 6.26. The van der Waals surface area contributed by atoms with Gasteiger partial charge in [-0.2, -0.15) is 0 Å². The van der Waals surface area contributed by atoms with Crippen LogP contribution in [-0.2, 0) is 11.3 Å². The lowest BCUT2D eigenvalue weighted by Crippen LogP contribution is -2.29. The monoisotopic (exact) mass is 290 g/mol. The van der Waals surface area contributed by atoms with Crippen molar-refractivity contribution < 1.29 is 4.74 Å². The minimum Gasteiger partial charge on any atom is -0.381 e. The van der Waals surface area contributed by atoms with Gasteiger partial charge in [0.25, 0.3) is 0 Å². The maximum atomic E-state index is 5.47. The zero-order valence-corrected chi connectivity index (χ0v) is 13.4. The summed E-state index contributed by atoms with van der Waals surface area (Å²) in [5.41, 5.74) is 2.75. The standard InChI is InChI=1S/C18H30N2O/c1-2-14-21-15-6-11-19-16-17-7-9-18(10-8-17)20-12-4-3-5-13-20/h7-10,19H,2-6,11-16H2,1H3. The Hall–Kier alpha value is -1.06. The third-order valence-electron chi connectivity index (χ3n) is 3.98. The van der Waals surface area contributed by atoms with E-state index in [4.69, 9.17) is 4.74 Å². The van der Waals surface area contributed by atoms with E-state index in [1.54, 1.807) is 0 Å². The Kier molecular flexibility index (Phi) is 7.61. The molecular weight excluding hydrogens is 260 g/mol. The summed E-state index contributed by atoms with van der Waals surface area (Å²) in [5, 5.41) is 3.48. The molecule has 1 heterocycles. The Morgan fingerprint density at radius 2 is 1.81 bits per heavy atom. The van der Waals surface area contributed by atoms with Crippen LogP contribution in [0, 0.1) is 0 Å². The highest BCUT2D eigenvalue weighted by Crippen LogP contribution is 2.20. The van der Waals surface area contributed by atoms with Gasteiger partial charge in [-0.3, -0.25) is 0 Å². The van der Waals surface area contributed by atoms with Crippen molar-refractivity contribution in [2.45, 2.75) is 45.6 Å². The molecule has 0 amide bonds. The highest BCUT2D eigenvalue weighted by molar-refractivity contribution is 5.47. The topological polar surface area (TPSA) is 24.5 Å². The van der Waals surface area contributed by atoms with Gasteiger partial charge in [0.05, 0.1) is 0 Å². The van der Waals surface area contributed by atoms with E-state index < -0.39 is 0 Å². The summed E-state index contributed by atoms with van der Waals surface area (Å²) in [6.45, 7) is 8.31. The van der Waals surface area contributed by atoms with Gasteiger partial charge in [-0.25, -0.2) is 0 Å². The van der Waals surface area contributed by atoms with Crippen molar-refractivity contribution in [2.75, 3.05) is 37.7 Å². The zero-order valence-electron chi connectivity index (χ0n) is 13.4. The molecule has 0 aromatic heterocycles. The molecule has 1 fully saturated rings. The minimum atomic E-state index is 0.870. The second kappa shape index (κ2) is 9.80. The molecule has 0 atom stereocenters. The van der Waals surface area contributed by atoms with Crippen molar-refractivity contribution in [3.8, 4) is 0 Å². The quantitative estimate of drug-likeness (QED) is 0.704. The molecule has 0 saturated carbocycles. The van der Waals surface area contributed by atoms with Crippen molar-refractivity contribution in [3.05, 3.63) is 29.8 Å². The van der Waals surface area contributed by atoms with Gasteiger partial charge in [0, 0.05) is 38.5 Å². The summed E-state index contributed by atoms with van der Waals surface area (Å²) in [6, 6.07) is 9.05. The second-order valence-electron chi connectivity index (χ2n) is 5.86. The predicted molar refractivity (Wildman–Crippen MR) is 89.9 cm³/mol. The number of hydrogen-bond donors (Lipinski definition) is 1. The fourth-order valence-electron chi connectivity index (χ4n) is 2.76. The van der Waals surface area contributed by atoms with Crippen LogP contribution in [0.15, 0.2) is 24.3 Å². The number of rotatable bonds is 9. The van der Waals surface area contributed by atoms with E-state index in [-0.39, 0.29) is 0 Å². The highest BCUT2D eigenvalue weighted by Gasteiger charge is 2.10. The first-order valence-corrected chi connectivity index (χ1v) is 8.52. The number of nitrogens with one attached hydrogen (secondary N) is 1. The molecule has 0 spiro atoms. The van der Waals surface area contributed by atoms with Crippen molar-refractivity contribution in [1.82, 2.24) is 5.32 Å². The lowest BCUT2D eigenvalue weighted by molar-refractivity contribution is 0.132. The molecule has 3 heteroatoms.